The van der Waals surface area contributed by atoms with E-state index in [9.17, 15) is 4.79 Å². The lowest BCUT2D eigenvalue weighted by Crippen LogP contribution is -2.29. The van der Waals surface area contributed by atoms with Crippen LogP contribution in [0.4, 0.5) is 5.82 Å². The fourth-order valence-electron chi connectivity index (χ4n) is 1.65. The molecule has 1 heterocycles. The summed E-state index contributed by atoms with van der Waals surface area (Å²) >= 11 is 1.86. The van der Waals surface area contributed by atoms with Gasteiger partial charge in [0.15, 0.2) is 5.82 Å². The smallest absolute Gasteiger partial charge is 0.293 e. The Morgan fingerprint density at radius 2 is 2.17 bits per heavy atom. The summed E-state index contributed by atoms with van der Waals surface area (Å²) in [5, 5.41) is 3.19. The summed E-state index contributed by atoms with van der Waals surface area (Å²) in [4.78, 5) is 16.3. The molecule has 18 heavy (non-hydrogen) atoms. The van der Waals surface area contributed by atoms with E-state index < -0.39 is 0 Å². The molecule has 4 nitrogen and oxygen atoms in total. The molecule has 1 aromatic heterocycles. The van der Waals surface area contributed by atoms with Gasteiger partial charge in [0.25, 0.3) is 5.56 Å². The maximum absolute atomic E-state index is 12.1. The number of rotatable bonds is 7. The average molecular weight is 269 g/mol. The van der Waals surface area contributed by atoms with E-state index >= 15 is 0 Å². The average Bonchev–Trinajstić information content (AvgIpc) is 2.31. The monoisotopic (exact) mass is 269 g/mol. The fraction of sp³-hybridized carbons (Fsp3) is 0.692. The van der Waals surface area contributed by atoms with Crippen molar-refractivity contribution in [2.45, 2.75) is 40.3 Å². The minimum absolute atomic E-state index is 0.0282. The summed E-state index contributed by atoms with van der Waals surface area (Å²) in [6, 6.07) is 0.255. The van der Waals surface area contributed by atoms with Crippen LogP contribution in [0.25, 0.3) is 0 Å². The molecule has 0 radical (unpaired) electrons. The molecule has 5 heteroatoms. The van der Waals surface area contributed by atoms with E-state index in [0.29, 0.717) is 11.7 Å². The number of thioether (sulfide) groups is 1. The molecule has 0 aliphatic rings. The van der Waals surface area contributed by atoms with Crippen LogP contribution >= 0.6 is 11.8 Å². The second kappa shape index (κ2) is 7.46. The summed E-state index contributed by atoms with van der Waals surface area (Å²) < 4.78 is 1.72. The number of hydrogen-bond acceptors (Lipinski definition) is 4. The summed E-state index contributed by atoms with van der Waals surface area (Å²) in [5.41, 5.74) is -0.0282. The Kier molecular flexibility index (Phi) is 6.25. The molecule has 1 rings (SSSR count). The van der Waals surface area contributed by atoms with Crippen LogP contribution in [0.3, 0.4) is 0 Å². The quantitative estimate of drug-likeness (QED) is 0.826. The molecule has 1 N–H and O–H groups in total. The number of nitrogens with one attached hydrogen (secondary N) is 1. The molecule has 1 atom stereocenters. The van der Waals surface area contributed by atoms with E-state index in [2.05, 4.69) is 38.0 Å². The van der Waals surface area contributed by atoms with Crippen molar-refractivity contribution in [3.05, 3.63) is 22.7 Å². The van der Waals surface area contributed by atoms with Gasteiger partial charge in [0.05, 0.1) is 0 Å². The van der Waals surface area contributed by atoms with Crippen LogP contribution in [0, 0.1) is 5.92 Å². The minimum Gasteiger partial charge on any atom is -0.362 e. The van der Waals surface area contributed by atoms with Gasteiger partial charge in [-0.2, -0.15) is 11.8 Å². The van der Waals surface area contributed by atoms with Gasteiger partial charge in [-0.15, -0.1) is 0 Å². The summed E-state index contributed by atoms with van der Waals surface area (Å²) in [7, 11) is 0. The first-order valence-corrected chi connectivity index (χ1v) is 7.59. The van der Waals surface area contributed by atoms with Gasteiger partial charge < -0.3 is 9.88 Å². The van der Waals surface area contributed by atoms with Crippen molar-refractivity contribution in [2.75, 3.05) is 16.8 Å². The van der Waals surface area contributed by atoms with E-state index in [1.807, 2.05) is 11.8 Å². The van der Waals surface area contributed by atoms with E-state index in [4.69, 9.17) is 0 Å². The van der Waals surface area contributed by atoms with Crippen molar-refractivity contribution in [3.8, 4) is 0 Å². The third-order valence-corrected chi connectivity index (χ3v) is 3.57. The molecule has 0 spiro atoms. The molecular weight excluding hydrogens is 246 g/mol. The Hall–Kier alpha value is -0.970. The van der Waals surface area contributed by atoms with E-state index in [-0.39, 0.29) is 11.6 Å². The van der Waals surface area contributed by atoms with Crippen molar-refractivity contribution < 1.29 is 0 Å². The summed E-state index contributed by atoms with van der Waals surface area (Å²) in [5.74, 6) is 2.98. The van der Waals surface area contributed by atoms with Crippen LogP contribution < -0.4 is 10.9 Å². The molecule has 1 unspecified atom stereocenters. The molecule has 102 valence electrons. The van der Waals surface area contributed by atoms with E-state index in [1.54, 1.807) is 17.0 Å². The molecule has 0 aliphatic carbocycles. The number of hydrogen-bond donors (Lipinski definition) is 1. The Bertz CT molecular complexity index is 417. The number of anilines is 1. The highest BCUT2D eigenvalue weighted by Crippen LogP contribution is 2.05. The Morgan fingerprint density at radius 1 is 1.44 bits per heavy atom. The van der Waals surface area contributed by atoms with Gasteiger partial charge in [0.2, 0.25) is 0 Å². The van der Waals surface area contributed by atoms with Gasteiger partial charge in [-0.25, -0.2) is 4.98 Å². The molecule has 0 aliphatic heterocycles. The summed E-state index contributed by atoms with van der Waals surface area (Å²) in [6.07, 6.45) is 3.44. The van der Waals surface area contributed by atoms with Gasteiger partial charge in [0.1, 0.15) is 0 Å². The number of nitrogens with zero attached hydrogens (tertiary/aromatic N) is 2. The lowest BCUT2D eigenvalue weighted by molar-refractivity contribution is 0.509. The van der Waals surface area contributed by atoms with Gasteiger partial charge in [0, 0.05) is 30.7 Å². The predicted octanol–water partition coefficient (Wildman–Crippen LogP) is 2.45. The SMILES string of the molecule is CCSCC(C)Nc1nccn(CC(C)C)c1=O. The molecule has 0 bridgehead atoms. The highest BCUT2D eigenvalue weighted by atomic mass is 32.2. The standard InChI is InChI=1S/C13H23N3OS/c1-5-18-9-11(4)15-12-13(17)16(7-6-14-12)8-10(2)3/h6-7,10-11H,5,8-9H2,1-4H3,(H,14,15). The third kappa shape index (κ3) is 4.72. The molecule has 1 aromatic rings. The lowest BCUT2D eigenvalue weighted by Gasteiger charge is -2.15. The van der Waals surface area contributed by atoms with Crippen LogP contribution in [0.15, 0.2) is 17.2 Å². The largest absolute Gasteiger partial charge is 0.362 e. The molecule has 0 saturated heterocycles. The van der Waals surface area contributed by atoms with Crippen molar-refractivity contribution in [1.29, 1.82) is 0 Å². The van der Waals surface area contributed by atoms with Crippen LogP contribution in [0.5, 0.6) is 0 Å². The van der Waals surface area contributed by atoms with Crippen LogP contribution in [-0.2, 0) is 6.54 Å². The first kappa shape index (κ1) is 15.1. The van der Waals surface area contributed by atoms with Crippen molar-refractivity contribution in [3.63, 3.8) is 0 Å². The minimum atomic E-state index is -0.0282. The van der Waals surface area contributed by atoms with Crippen LogP contribution in [0.1, 0.15) is 27.7 Å². The predicted molar refractivity (Wildman–Crippen MR) is 79.4 cm³/mol. The van der Waals surface area contributed by atoms with E-state index in [0.717, 1.165) is 18.1 Å². The Morgan fingerprint density at radius 3 is 2.78 bits per heavy atom. The second-order valence-corrected chi connectivity index (χ2v) is 6.15. The first-order valence-electron chi connectivity index (χ1n) is 6.44. The van der Waals surface area contributed by atoms with Gasteiger partial charge in [-0.3, -0.25) is 4.79 Å². The molecule has 0 aromatic carbocycles. The Balaban J connectivity index is 2.74. The maximum atomic E-state index is 12.1. The second-order valence-electron chi connectivity index (χ2n) is 4.83. The normalized spacial score (nSPS) is 12.7. The van der Waals surface area contributed by atoms with Crippen molar-refractivity contribution >= 4 is 17.6 Å². The summed E-state index contributed by atoms with van der Waals surface area (Å²) in [6.45, 7) is 9.13. The molecule has 0 saturated carbocycles. The number of aromatic nitrogens is 2. The fourth-order valence-corrected chi connectivity index (χ4v) is 2.33. The van der Waals surface area contributed by atoms with Gasteiger partial charge >= 0.3 is 0 Å². The molecule has 0 amide bonds. The van der Waals surface area contributed by atoms with Crippen molar-refractivity contribution in [1.82, 2.24) is 9.55 Å². The van der Waals surface area contributed by atoms with Crippen LogP contribution in [-0.4, -0.2) is 27.1 Å². The van der Waals surface area contributed by atoms with Gasteiger partial charge in [-0.1, -0.05) is 20.8 Å². The van der Waals surface area contributed by atoms with Gasteiger partial charge in [-0.05, 0) is 18.6 Å². The third-order valence-electron chi connectivity index (χ3n) is 2.43. The highest BCUT2D eigenvalue weighted by molar-refractivity contribution is 7.99. The molecule has 0 fully saturated rings. The topological polar surface area (TPSA) is 46.9 Å². The lowest BCUT2D eigenvalue weighted by atomic mass is 10.2. The maximum Gasteiger partial charge on any atom is 0.293 e. The highest BCUT2D eigenvalue weighted by Gasteiger charge is 2.09. The van der Waals surface area contributed by atoms with Crippen molar-refractivity contribution in [2.24, 2.45) is 5.92 Å². The first-order chi connectivity index (χ1) is 8.54. The van der Waals surface area contributed by atoms with E-state index in [1.165, 1.54) is 0 Å². The zero-order valence-corrected chi connectivity index (χ0v) is 12.5. The van der Waals surface area contributed by atoms with Crippen LogP contribution in [0.2, 0.25) is 0 Å². The zero-order valence-electron chi connectivity index (χ0n) is 11.6. The Labute approximate surface area is 113 Å². The molecular formula is C13H23N3OS. The zero-order chi connectivity index (χ0) is 13.5.